The molecule has 0 radical (unpaired) electrons. The summed E-state index contributed by atoms with van der Waals surface area (Å²) in [4.78, 5) is 0. The van der Waals surface area contributed by atoms with Gasteiger partial charge in [-0.2, -0.15) is 0 Å². The van der Waals surface area contributed by atoms with Crippen LogP contribution in [0.2, 0.25) is 0 Å². The topological polar surface area (TPSA) is 9.86 Å². The van der Waals surface area contributed by atoms with Gasteiger partial charge in [-0.3, -0.25) is 0 Å². The van der Waals surface area contributed by atoms with Gasteiger partial charge in [0.25, 0.3) is 0 Å². The Bertz CT molecular complexity index is 3110. The van der Waals surface area contributed by atoms with Gasteiger partial charge in [-0.1, -0.05) is 88.6 Å². The molecular formula is C36H44B20N2. The van der Waals surface area contributed by atoms with Crippen molar-refractivity contribution in [3.8, 4) is 22.5 Å². The van der Waals surface area contributed by atoms with Crippen molar-refractivity contribution in [2.24, 2.45) is 0 Å². The first kappa shape index (κ1) is 41.0. The average Bonchev–Trinajstić information content (AvgIpc) is 3.75. The van der Waals surface area contributed by atoms with Crippen LogP contribution in [0.3, 0.4) is 0 Å². The second-order valence-corrected chi connectivity index (χ2v) is 18.3. The highest BCUT2D eigenvalue weighted by atomic mass is 15.0. The molecule has 2 heterocycles. The minimum Gasteiger partial charge on any atom is -0.312 e. The number of rotatable bonds is 3. The predicted octanol–water partition coefficient (Wildman–Crippen LogP) is -25.3. The highest BCUT2D eigenvalue weighted by Gasteiger charge is 2.29. The maximum absolute atomic E-state index is 2.71. The molecule has 0 saturated heterocycles. The van der Waals surface area contributed by atoms with Crippen molar-refractivity contribution in [1.29, 1.82) is 0 Å². The van der Waals surface area contributed by atoms with Gasteiger partial charge >= 0.3 is 0 Å². The van der Waals surface area contributed by atoms with Crippen molar-refractivity contribution in [3.63, 3.8) is 0 Å². The molecule has 0 spiro atoms. The lowest BCUT2D eigenvalue weighted by Crippen LogP contribution is -2.55. The molecule has 0 aliphatic rings. The molecule has 8 aromatic rings. The van der Waals surface area contributed by atoms with E-state index in [2.05, 4.69) is 190 Å². The maximum atomic E-state index is 2.71. The van der Waals surface area contributed by atoms with Crippen LogP contribution in [0, 0.1) is 0 Å². The van der Waals surface area contributed by atoms with E-state index in [1.807, 2.05) is 0 Å². The lowest BCUT2D eigenvalue weighted by Gasteiger charge is -2.23. The summed E-state index contributed by atoms with van der Waals surface area (Å²) >= 11 is 0. The molecular weight excluding hydrogens is 677 g/mol. The first-order valence-corrected chi connectivity index (χ1v) is 21.4. The van der Waals surface area contributed by atoms with Gasteiger partial charge in [0.1, 0.15) is 157 Å². The van der Waals surface area contributed by atoms with Crippen molar-refractivity contribution in [2.45, 2.75) is 0 Å². The molecule has 6 aromatic carbocycles. The molecule has 8 rings (SSSR count). The number of aromatic nitrogens is 2. The summed E-state index contributed by atoms with van der Waals surface area (Å²) in [6.45, 7) is 0. The molecule has 0 saturated carbocycles. The van der Waals surface area contributed by atoms with Crippen LogP contribution in [0.15, 0.2) is 24.3 Å². The van der Waals surface area contributed by atoms with Crippen LogP contribution >= 0.6 is 0 Å². The Morgan fingerprint density at radius 2 is 0.517 bits per heavy atom. The third kappa shape index (κ3) is 5.21. The summed E-state index contributed by atoms with van der Waals surface area (Å²) in [5.41, 5.74) is 38.3. The fraction of sp³-hybridized carbons (Fsp3) is 0. The number of hydrogen-bond donors (Lipinski definition) is 0. The molecule has 0 aliphatic heterocycles. The maximum Gasteiger partial charge on any atom is 0.142 e. The van der Waals surface area contributed by atoms with Gasteiger partial charge in [0.05, 0.1) is 0 Å². The Balaban J connectivity index is 1.56. The third-order valence-electron chi connectivity index (χ3n) is 16.2. The zero-order chi connectivity index (χ0) is 42.5. The Hall–Kier alpha value is -3.78. The molecule has 258 valence electrons. The van der Waals surface area contributed by atoms with E-state index in [1.54, 1.807) is 0 Å². The Morgan fingerprint density at radius 3 is 0.897 bits per heavy atom. The van der Waals surface area contributed by atoms with Crippen LogP contribution in [0.1, 0.15) is 0 Å². The zero-order valence-electron chi connectivity index (χ0n) is 39.2. The third-order valence-corrected chi connectivity index (χ3v) is 16.2. The van der Waals surface area contributed by atoms with Gasteiger partial charge in [-0.05, 0) is 39.4 Å². The van der Waals surface area contributed by atoms with Crippen LogP contribution in [0.4, 0.5) is 0 Å². The molecule has 2 aromatic heterocycles. The predicted molar refractivity (Wildman–Crippen MR) is 324 cm³/mol. The van der Waals surface area contributed by atoms with Gasteiger partial charge in [0.2, 0.25) is 0 Å². The second kappa shape index (κ2) is 13.9. The summed E-state index contributed by atoms with van der Waals surface area (Å²) < 4.78 is 5.33. The van der Waals surface area contributed by atoms with Crippen molar-refractivity contribution >= 4 is 310 Å². The monoisotopic (exact) mass is 725 g/mol. The molecule has 2 nitrogen and oxygen atoms in total. The van der Waals surface area contributed by atoms with Crippen molar-refractivity contribution in [1.82, 2.24) is 9.13 Å². The van der Waals surface area contributed by atoms with Gasteiger partial charge in [-0.15, -0.1) is 32.8 Å². The quantitative estimate of drug-likeness (QED) is 0.161. The van der Waals surface area contributed by atoms with Gasteiger partial charge in [0.15, 0.2) is 0 Å². The SMILES string of the molecule is Bc1c(B)c(B)c(-c2ccc(-n3c4c(B)c(B)c(B)c(B)c4c4c(B)c(-n5c6c(B)c(B)c(B)c(B)c6c6c(B)c(B)c(B)c(B)c65)c(B)c(B)c43)cc2)c(B)c1B. The van der Waals surface area contributed by atoms with Crippen LogP contribution < -0.4 is 109 Å². The minimum absolute atomic E-state index is 1.21. The number of hydrogen-bond acceptors (Lipinski definition) is 0. The summed E-state index contributed by atoms with van der Waals surface area (Å²) in [6, 6.07) is 9.49. The Morgan fingerprint density at radius 1 is 0.241 bits per heavy atom. The van der Waals surface area contributed by atoms with E-state index in [0.717, 1.165) is 0 Å². The van der Waals surface area contributed by atoms with Crippen LogP contribution in [-0.4, -0.2) is 166 Å². The van der Waals surface area contributed by atoms with E-state index in [9.17, 15) is 0 Å². The molecule has 0 atom stereocenters. The molecule has 0 unspecified atom stereocenters. The summed E-state index contributed by atoms with van der Waals surface area (Å²) in [5.74, 6) is 0. The van der Waals surface area contributed by atoms with E-state index in [0.29, 0.717) is 0 Å². The summed E-state index contributed by atoms with van der Waals surface area (Å²) in [5, 5.41) is 5.60. The molecule has 58 heavy (non-hydrogen) atoms. The van der Waals surface area contributed by atoms with E-state index in [4.69, 9.17) is 0 Å². The molecule has 0 fully saturated rings. The first-order valence-electron chi connectivity index (χ1n) is 21.4. The highest BCUT2D eigenvalue weighted by molar-refractivity contribution is 6.74. The minimum atomic E-state index is 1.21. The van der Waals surface area contributed by atoms with Crippen LogP contribution in [-0.2, 0) is 0 Å². The lowest BCUT2D eigenvalue weighted by molar-refractivity contribution is 1.19. The molecule has 0 bridgehead atoms. The molecule has 22 heteroatoms. The number of nitrogens with zero attached hydrogens (tertiary/aromatic N) is 2. The molecule has 0 amide bonds. The Labute approximate surface area is 363 Å². The van der Waals surface area contributed by atoms with E-state index < -0.39 is 0 Å². The van der Waals surface area contributed by atoms with Gasteiger partial charge < -0.3 is 9.13 Å². The second-order valence-electron chi connectivity index (χ2n) is 18.3. The number of fused-ring (bicyclic) bond motifs is 6. The normalized spacial score (nSPS) is 11.8. The van der Waals surface area contributed by atoms with E-state index in [-0.39, 0.29) is 0 Å². The number of benzene rings is 6. The smallest absolute Gasteiger partial charge is 0.142 e. The van der Waals surface area contributed by atoms with Crippen LogP contribution in [0.25, 0.3) is 66.1 Å². The van der Waals surface area contributed by atoms with Gasteiger partial charge in [0, 0.05) is 38.8 Å². The lowest BCUT2D eigenvalue weighted by atomic mass is 9.60. The summed E-state index contributed by atoms with van der Waals surface area (Å²) in [7, 11) is 46.6. The fourth-order valence-corrected chi connectivity index (χ4v) is 11.1. The standard InChI is InChI=1S/C36H44B20N2/c37-12-7(13(38)19(44)23(48)18(12)43)5-1-3-6(4-2-5)57-32-10(16(41)22(47)24(49)27(32)52)11-17(42)36(31(56)30(55)33(11)57)58-34-8(14(39)20(45)25(50)28(34)53)9-15(40)21(46)26(51)29(54)35(9)58/h1-4H,37-56H2. The highest BCUT2D eigenvalue weighted by Crippen LogP contribution is 2.31. The Kier molecular flexibility index (Phi) is 9.81. The first-order chi connectivity index (χ1) is 27.2. The van der Waals surface area contributed by atoms with E-state index >= 15 is 0 Å². The summed E-state index contributed by atoms with van der Waals surface area (Å²) in [6.07, 6.45) is 0. The van der Waals surface area contributed by atoms with E-state index in [1.165, 1.54) is 175 Å². The van der Waals surface area contributed by atoms with Crippen molar-refractivity contribution in [3.05, 3.63) is 24.3 Å². The largest absolute Gasteiger partial charge is 0.312 e. The fourth-order valence-electron chi connectivity index (χ4n) is 11.1. The zero-order valence-corrected chi connectivity index (χ0v) is 39.2. The van der Waals surface area contributed by atoms with Crippen molar-refractivity contribution < 1.29 is 0 Å². The average molecular weight is 721 g/mol. The molecule has 0 N–H and O–H groups in total. The van der Waals surface area contributed by atoms with Crippen molar-refractivity contribution in [2.75, 3.05) is 0 Å². The van der Waals surface area contributed by atoms with Gasteiger partial charge in [-0.25, -0.2) is 0 Å². The molecule has 0 aliphatic carbocycles. The van der Waals surface area contributed by atoms with Crippen LogP contribution in [0.5, 0.6) is 0 Å².